The molecule has 3 aromatic rings. The van der Waals surface area contributed by atoms with Crippen LogP contribution in [0.4, 0.5) is 15.8 Å². The molecular weight excluding hydrogens is 435 g/mol. The van der Waals surface area contributed by atoms with Gasteiger partial charge in [0.2, 0.25) is 0 Å². The first-order chi connectivity index (χ1) is 15.0. The number of nitrogens with zero attached hydrogens (tertiary/aromatic N) is 1. The van der Waals surface area contributed by atoms with Gasteiger partial charge in [-0.05, 0) is 54.4 Å². The second-order valence-corrected chi connectivity index (χ2v) is 8.33. The van der Waals surface area contributed by atoms with Crippen molar-refractivity contribution in [1.29, 1.82) is 0 Å². The zero-order chi connectivity index (χ0) is 22.0. The van der Waals surface area contributed by atoms with Gasteiger partial charge >= 0.3 is 0 Å². The molecule has 1 aliphatic rings. The molecule has 0 unspecified atom stereocenters. The Hall–Kier alpha value is -3.09. The Bertz CT molecular complexity index is 1180. The van der Waals surface area contributed by atoms with E-state index in [9.17, 15) is 14.0 Å². The van der Waals surface area contributed by atoms with E-state index in [1.54, 1.807) is 12.1 Å². The number of thioether (sulfide) groups is 1. The Kier molecular flexibility index (Phi) is 6.11. The van der Waals surface area contributed by atoms with Gasteiger partial charge in [0, 0.05) is 10.6 Å². The van der Waals surface area contributed by atoms with Gasteiger partial charge in [-0.1, -0.05) is 60.6 Å². The summed E-state index contributed by atoms with van der Waals surface area (Å²) in [5, 5.41) is 2.90. The highest BCUT2D eigenvalue weighted by molar-refractivity contribution is 8.04. The minimum atomic E-state index is -0.563. The quantitative estimate of drug-likeness (QED) is 0.464. The molecule has 0 aromatic heterocycles. The molecular formula is C24H18ClFN2O2S. The van der Waals surface area contributed by atoms with Gasteiger partial charge in [-0.3, -0.25) is 9.59 Å². The van der Waals surface area contributed by atoms with Crippen molar-refractivity contribution in [3.8, 4) is 0 Å². The second kappa shape index (κ2) is 8.96. The molecule has 4 rings (SSSR count). The molecule has 0 fully saturated rings. The van der Waals surface area contributed by atoms with Crippen LogP contribution in [-0.2, 0) is 16.0 Å². The molecule has 1 heterocycles. The maximum Gasteiger partial charge on any atom is 0.283 e. The Balaban J connectivity index is 1.73. The Morgan fingerprint density at radius 2 is 1.68 bits per heavy atom. The van der Waals surface area contributed by atoms with E-state index >= 15 is 0 Å². The number of aryl methyl sites for hydroxylation is 1. The van der Waals surface area contributed by atoms with Crippen molar-refractivity contribution >= 4 is 46.6 Å². The van der Waals surface area contributed by atoms with E-state index in [1.807, 2.05) is 49.4 Å². The van der Waals surface area contributed by atoms with Crippen molar-refractivity contribution in [3.05, 3.63) is 99.8 Å². The molecule has 4 nitrogen and oxygen atoms in total. The summed E-state index contributed by atoms with van der Waals surface area (Å²) in [6.45, 7) is 2.03. The molecule has 0 saturated heterocycles. The van der Waals surface area contributed by atoms with Gasteiger partial charge in [0.15, 0.2) is 0 Å². The number of imide groups is 1. The average Bonchev–Trinajstić information content (AvgIpc) is 3.01. The normalized spacial score (nSPS) is 13.8. The fourth-order valence-corrected chi connectivity index (χ4v) is 4.28. The lowest BCUT2D eigenvalue weighted by Gasteiger charge is -2.15. The molecule has 0 bridgehead atoms. The van der Waals surface area contributed by atoms with Crippen LogP contribution in [0.2, 0.25) is 5.02 Å². The number of hydrogen-bond acceptors (Lipinski definition) is 4. The molecule has 0 spiro atoms. The number of anilines is 2. The van der Waals surface area contributed by atoms with Crippen molar-refractivity contribution in [1.82, 2.24) is 0 Å². The number of halogens is 2. The monoisotopic (exact) mass is 452 g/mol. The number of nitrogens with one attached hydrogen (secondary N) is 1. The van der Waals surface area contributed by atoms with Crippen LogP contribution in [0.25, 0.3) is 0 Å². The van der Waals surface area contributed by atoms with E-state index in [0.717, 1.165) is 21.8 Å². The number of hydrogen-bond donors (Lipinski definition) is 1. The summed E-state index contributed by atoms with van der Waals surface area (Å²) in [6, 6.07) is 20.7. The number of amides is 2. The van der Waals surface area contributed by atoms with Crippen LogP contribution < -0.4 is 10.2 Å². The van der Waals surface area contributed by atoms with Crippen LogP contribution in [0.1, 0.15) is 12.5 Å². The molecule has 31 heavy (non-hydrogen) atoms. The molecule has 1 N–H and O–H groups in total. The van der Waals surface area contributed by atoms with Crippen molar-refractivity contribution in [2.45, 2.75) is 18.2 Å². The first kappa shape index (κ1) is 21.2. The predicted octanol–water partition coefficient (Wildman–Crippen LogP) is 6.03. The molecule has 1 aliphatic heterocycles. The molecule has 3 aromatic carbocycles. The highest BCUT2D eigenvalue weighted by Crippen LogP contribution is 2.38. The number of benzene rings is 3. The van der Waals surface area contributed by atoms with E-state index in [1.165, 1.54) is 30.0 Å². The molecule has 0 aliphatic carbocycles. The third-order valence-corrected chi connectivity index (χ3v) is 6.18. The average molecular weight is 453 g/mol. The number of carbonyl (C=O) groups is 2. The summed E-state index contributed by atoms with van der Waals surface area (Å²) in [7, 11) is 0. The SMILES string of the molecule is CCc1ccc(N2C(=O)C(Nc3ccc(F)c(Cl)c3)=C(Sc3ccccc3)C2=O)cc1. The molecule has 156 valence electrons. The van der Waals surface area contributed by atoms with Gasteiger partial charge in [-0.25, -0.2) is 9.29 Å². The maximum atomic E-state index is 13.6. The van der Waals surface area contributed by atoms with Crippen LogP contribution in [0.5, 0.6) is 0 Å². The minimum Gasteiger partial charge on any atom is -0.350 e. The smallest absolute Gasteiger partial charge is 0.283 e. The van der Waals surface area contributed by atoms with Gasteiger partial charge in [0.05, 0.1) is 10.7 Å². The van der Waals surface area contributed by atoms with E-state index < -0.39 is 17.6 Å². The highest BCUT2D eigenvalue weighted by atomic mass is 35.5. The summed E-state index contributed by atoms with van der Waals surface area (Å²) in [4.78, 5) is 28.8. The summed E-state index contributed by atoms with van der Waals surface area (Å²) in [5.41, 5.74) is 2.14. The van der Waals surface area contributed by atoms with Crippen LogP contribution in [0, 0.1) is 5.82 Å². The first-order valence-electron chi connectivity index (χ1n) is 9.65. The third-order valence-electron chi connectivity index (χ3n) is 4.80. The zero-order valence-electron chi connectivity index (χ0n) is 16.6. The summed E-state index contributed by atoms with van der Waals surface area (Å²) in [5.74, 6) is -1.46. The Morgan fingerprint density at radius 1 is 0.968 bits per heavy atom. The lowest BCUT2D eigenvalue weighted by molar-refractivity contribution is -0.120. The minimum absolute atomic E-state index is 0.0772. The van der Waals surface area contributed by atoms with Crippen molar-refractivity contribution in [3.63, 3.8) is 0 Å². The fourth-order valence-electron chi connectivity index (χ4n) is 3.15. The van der Waals surface area contributed by atoms with Crippen LogP contribution in [0.15, 0.2) is 88.3 Å². The van der Waals surface area contributed by atoms with Gasteiger partial charge in [0.1, 0.15) is 16.4 Å². The van der Waals surface area contributed by atoms with Gasteiger partial charge in [-0.2, -0.15) is 0 Å². The van der Waals surface area contributed by atoms with Crippen LogP contribution in [-0.4, -0.2) is 11.8 Å². The largest absolute Gasteiger partial charge is 0.350 e. The lowest BCUT2D eigenvalue weighted by atomic mass is 10.1. The fraction of sp³-hybridized carbons (Fsp3) is 0.0833. The van der Waals surface area contributed by atoms with E-state index in [2.05, 4.69) is 5.32 Å². The Labute approximate surface area is 188 Å². The third kappa shape index (κ3) is 4.36. The van der Waals surface area contributed by atoms with E-state index in [4.69, 9.17) is 11.6 Å². The van der Waals surface area contributed by atoms with Gasteiger partial charge in [-0.15, -0.1) is 0 Å². The predicted molar refractivity (Wildman–Crippen MR) is 123 cm³/mol. The van der Waals surface area contributed by atoms with Crippen LogP contribution in [0.3, 0.4) is 0 Å². The van der Waals surface area contributed by atoms with Crippen molar-refractivity contribution < 1.29 is 14.0 Å². The molecule has 7 heteroatoms. The standard InChI is InChI=1S/C24H18ClFN2O2S/c1-2-15-8-11-17(12-9-15)28-23(29)21(27-16-10-13-20(26)19(25)14-16)22(24(28)30)31-18-6-4-3-5-7-18/h3-14,27H,2H2,1H3. The van der Waals surface area contributed by atoms with Crippen molar-refractivity contribution in [2.75, 3.05) is 10.2 Å². The second-order valence-electron chi connectivity index (χ2n) is 6.84. The topological polar surface area (TPSA) is 49.4 Å². The lowest BCUT2D eigenvalue weighted by Crippen LogP contribution is -2.32. The van der Waals surface area contributed by atoms with Gasteiger partial charge in [0.25, 0.3) is 11.8 Å². The zero-order valence-corrected chi connectivity index (χ0v) is 18.1. The summed E-state index contributed by atoms with van der Waals surface area (Å²) in [6.07, 6.45) is 0.855. The Morgan fingerprint density at radius 3 is 2.32 bits per heavy atom. The van der Waals surface area contributed by atoms with E-state index in [0.29, 0.717) is 11.4 Å². The van der Waals surface area contributed by atoms with Crippen molar-refractivity contribution in [2.24, 2.45) is 0 Å². The molecule has 0 atom stereocenters. The molecule has 2 amide bonds. The first-order valence-corrected chi connectivity index (χ1v) is 10.8. The molecule has 0 saturated carbocycles. The van der Waals surface area contributed by atoms with Crippen LogP contribution >= 0.6 is 23.4 Å². The van der Waals surface area contributed by atoms with Gasteiger partial charge < -0.3 is 5.32 Å². The maximum absolute atomic E-state index is 13.6. The number of carbonyl (C=O) groups excluding carboxylic acids is 2. The summed E-state index contributed by atoms with van der Waals surface area (Å²) >= 11 is 7.09. The van der Waals surface area contributed by atoms with E-state index in [-0.39, 0.29) is 15.6 Å². The number of rotatable bonds is 6. The summed E-state index contributed by atoms with van der Waals surface area (Å²) < 4.78 is 13.6. The molecule has 0 radical (unpaired) electrons. The highest BCUT2D eigenvalue weighted by Gasteiger charge is 2.40.